The molecule has 1 N–H and O–H groups in total. The number of nitrogens with one attached hydrogen (secondary N) is 1. The molecule has 2 aromatic rings. The lowest BCUT2D eigenvalue weighted by molar-refractivity contribution is -0.383. The predicted octanol–water partition coefficient (Wildman–Crippen LogP) is 2.90. The lowest BCUT2D eigenvalue weighted by Gasteiger charge is -2.06. The van der Waals surface area contributed by atoms with Crippen molar-refractivity contribution in [2.75, 3.05) is 5.32 Å². The van der Waals surface area contributed by atoms with E-state index in [1.807, 2.05) is 0 Å². The molecule has 1 amide bonds. The highest BCUT2D eigenvalue weighted by Crippen LogP contribution is 2.24. The maximum absolute atomic E-state index is 12.0. The molecule has 0 bridgehead atoms. The van der Waals surface area contributed by atoms with Gasteiger partial charge in [-0.15, -0.1) is 0 Å². The van der Waals surface area contributed by atoms with Gasteiger partial charge in [0.2, 0.25) is 0 Å². The molecule has 1 heterocycles. The van der Waals surface area contributed by atoms with Gasteiger partial charge in [0.05, 0.1) is 15.5 Å². The van der Waals surface area contributed by atoms with Crippen LogP contribution in [-0.4, -0.2) is 15.8 Å². The number of nitrogens with zero attached hydrogens (tertiary/aromatic N) is 2. The highest BCUT2D eigenvalue weighted by atomic mass is 35.5. The lowest BCUT2D eigenvalue weighted by Crippen LogP contribution is -2.13. The van der Waals surface area contributed by atoms with E-state index in [1.165, 1.54) is 36.7 Å². The molecule has 0 unspecified atom stereocenters. The van der Waals surface area contributed by atoms with Gasteiger partial charge in [0.25, 0.3) is 11.6 Å². The van der Waals surface area contributed by atoms with Crippen LogP contribution in [0.3, 0.4) is 0 Å². The number of para-hydroxylation sites is 2. The molecule has 1 aromatic carbocycles. The molecule has 0 saturated carbocycles. The molecular formula is C12H8ClN3O3. The monoisotopic (exact) mass is 277 g/mol. The first-order valence-corrected chi connectivity index (χ1v) is 5.61. The topological polar surface area (TPSA) is 85.1 Å². The normalized spacial score (nSPS) is 9.95. The standard InChI is InChI=1S/C12H8ClN3O3/c13-9-7-14-6-5-8(9)12(17)15-10-3-1-2-4-11(10)16(18)19/h1-7H,(H,15,17). The molecular weight excluding hydrogens is 270 g/mol. The van der Waals surface area contributed by atoms with Crippen LogP contribution in [0.1, 0.15) is 10.4 Å². The summed E-state index contributed by atoms with van der Waals surface area (Å²) in [5.74, 6) is -0.526. The largest absolute Gasteiger partial charge is 0.316 e. The third kappa shape index (κ3) is 2.86. The number of pyridine rings is 1. The van der Waals surface area contributed by atoms with E-state index in [2.05, 4.69) is 10.3 Å². The summed E-state index contributed by atoms with van der Waals surface area (Å²) in [4.78, 5) is 26.0. The van der Waals surface area contributed by atoms with Crippen molar-refractivity contribution < 1.29 is 9.72 Å². The van der Waals surface area contributed by atoms with E-state index in [1.54, 1.807) is 6.07 Å². The summed E-state index contributed by atoms with van der Waals surface area (Å²) in [6.07, 6.45) is 2.75. The first-order chi connectivity index (χ1) is 9.09. The molecule has 1 aromatic heterocycles. The summed E-state index contributed by atoms with van der Waals surface area (Å²) in [6, 6.07) is 7.31. The van der Waals surface area contributed by atoms with Gasteiger partial charge in [0, 0.05) is 18.5 Å². The van der Waals surface area contributed by atoms with Crippen LogP contribution in [-0.2, 0) is 0 Å². The summed E-state index contributed by atoms with van der Waals surface area (Å²) in [7, 11) is 0. The van der Waals surface area contributed by atoms with Crippen LogP contribution >= 0.6 is 11.6 Å². The quantitative estimate of drug-likeness (QED) is 0.690. The molecule has 0 fully saturated rings. The summed E-state index contributed by atoms with van der Waals surface area (Å²) in [6.45, 7) is 0. The average molecular weight is 278 g/mol. The summed E-state index contributed by atoms with van der Waals surface area (Å²) in [5.41, 5.74) is 0.140. The summed E-state index contributed by atoms with van der Waals surface area (Å²) in [5, 5.41) is 13.5. The van der Waals surface area contributed by atoms with Gasteiger partial charge in [-0.1, -0.05) is 23.7 Å². The van der Waals surface area contributed by atoms with Gasteiger partial charge in [-0.3, -0.25) is 19.9 Å². The van der Waals surface area contributed by atoms with Gasteiger partial charge in [-0.25, -0.2) is 0 Å². The van der Waals surface area contributed by atoms with Crippen LogP contribution in [0, 0.1) is 10.1 Å². The number of halogens is 1. The maximum atomic E-state index is 12.0. The van der Waals surface area contributed by atoms with Crippen molar-refractivity contribution in [3.8, 4) is 0 Å². The summed E-state index contributed by atoms with van der Waals surface area (Å²) >= 11 is 5.83. The minimum absolute atomic E-state index is 0.116. The van der Waals surface area contributed by atoms with Crippen LogP contribution in [0.25, 0.3) is 0 Å². The van der Waals surface area contributed by atoms with Crippen LogP contribution in [0.5, 0.6) is 0 Å². The first-order valence-electron chi connectivity index (χ1n) is 5.24. The van der Waals surface area contributed by atoms with Gasteiger partial charge in [0.15, 0.2) is 0 Å². The molecule has 0 saturated heterocycles. The Hall–Kier alpha value is -2.47. The second-order valence-corrected chi connectivity index (χ2v) is 3.99. The second kappa shape index (κ2) is 5.45. The molecule has 0 aliphatic carbocycles. The molecule has 0 spiro atoms. The number of carbonyl (C=O) groups is 1. The molecule has 19 heavy (non-hydrogen) atoms. The zero-order chi connectivity index (χ0) is 13.8. The third-order valence-electron chi connectivity index (χ3n) is 2.37. The van der Waals surface area contributed by atoms with Crippen molar-refractivity contribution in [1.29, 1.82) is 0 Å². The molecule has 96 valence electrons. The van der Waals surface area contributed by atoms with E-state index in [-0.39, 0.29) is 22.0 Å². The van der Waals surface area contributed by atoms with Crippen molar-refractivity contribution in [3.05, 3.63) is 63.4 Å². The fourth-order valence-electron chi connectivity index (χ4n) is 1.49. The summed E-state index contributed by atoms with van der Waals surface area (Å²) < 4.78 is 0. The molecule has 6 nitrogen and oxygen atoms in total. The maximum Gasteiger partial charge on any atom is 0.292 e. The Labute approximate surface area is 113 Å². The zero-order valence-corrected chi connectivity index (χ0v) is 10.3. The Kier molecular flexibility index (Phi) is 3.72. The first kappa shape index (κ1) is 13.0. The fraction of sp³-hybridized carbons (Fsp3) is 0. The molecule has 0 aliphatic rings. The van der Waals surface area contributed by atoms with Crippen LogP contribution in [0.15, 0.2) is 42.7 Å². The Morgan fingerprint density at radius 2 is 2.05 bits per heavy atom. The smallest absolute Gasteiger partial charge is 0.292 e. The van der Waals surface area contributed by atoms with Crippen LogP contribution in [0.4, 0.5) is 11.4 Å². The SMILES string of the molecule is O=C(Nc1ccccc1[N+](=O)[O-])c1ccncc1Cl. The number of nitro groups is 1. The molecule has 0 radical (unpaired) electrons. The van der Waals surface area contributed by atoms with Crippen molar-refractivity contribution in [3.63, 3.8) is 0 Å². The number of carbonyl (C=O) groups excluding carboxylic acids is 1. The number of nitro benzene ring substituents is 1. The molecule has 0 atom stereocenters. The van der Waals surface area contributed by atoms with Crippen molar-refractivity contribution in [2.24, 2.45) is 0 Å². The minimum Gasteiger partial charge on any atom is -0.316 e. The average Bonchev–Trinajstić information content (AvgIpc) is 2.39. The minimum atomic E-state index is -0.566. The number of amides is 1. The Morgan fingerprint density at radius 1 is 1.32 bits per heavy atom. The van der Waals surface area contributed by atoms with Gasteiger partial charge in [-0.2, -0.15) is 0 Å². The number of anilines is 1. The molecule has 2 rings (SSSR count). The highest BCUT2D eigenvalue weighted by Gasteiger charge is 2.17. The Morgan fingerprint density at radius 3 is 2.74 bits per heavy atom. The number of aromatic nitrogens is 1. The second-order valence-electron chi connectivity index (χ2n) is 3.58. The number of hydrogen-bond acceptors (Lipinski definition) is 4. The van der Waals surface area contributed by atoms with Crippen molar-refractivity contribution in [2.45, 2.75) is 0 Å². The molecule has 0 aliphatic heterocycles. The Balaban J connectivity index is 2.30. The van der Waals surface area contributed by atoms with E-state index < -0.39 is 10.8 Å². The third-order valence-corrected chi connectivity index (χ3v) is 2.67. The fourth-order valence-corrected chi connectivity index (χ4v) is 1.69. The Bertz CT molecular complexity index is 646. The van der Waals surface area contributed by atoms with E-state index in [9.17, 15) is 14.9 Å². The van der Waals surface area contributed by atoms with Gasteiger partial charge in [-0.05, 0) is 12.1 Å². The van der Waals surface area contributed by atoms with E-state index >= 15 is 0 Å². The van der Waals surface area contributed by atoms with Crippen LogP contribution < -0.4 is 5.32 Å². The highest BCUT2D eigenvalue weighted by molar-refractivity contribution is 6.34. The van der Waals surface area contributed by atoms with Crippen LogP contribution in [0.2, 0.25) is 5.02 Å². The number of hydrogen-bond donors (Lipinski definition) is 1. The van der Waals surface area contributed by atoms with Gasteiger partial charge >= 0.3 is 0 Å². The predicted molar refractivity (Wildman–Crippen MR) is 70.3 cm³/mol. The molecule has 7 heteroatoms. The van der Waals surface area contributed by atoms with E-state index in [0.29, 0.717) is 0 Å². The van der Waals surface area contributed by atoms with Crippen molar-refractivity contribution >= 4 is 28.9 Å². The van der Waals surface area contributed by atoms with Gasteiger partial charge in [0.1, 0.15) is 5.69 Å². The number of rotatable bonds is 3. The van der Waals surface area contributed by atoms with Gasteiger partial charge < -0.3 is 5.32 Å². The van der Waals surface area contributed by atoms with E-state index in [0.717, 1.165) is 0 Å². The van der Waals surface area contributed by atoms with Crippen molar-refractivity contribution in [1.82, 2.24) is 4.98 Å². The zero-order valence-electron chi connectivity index (χ0n) is 9.54. The van der Waals surface area contributed by atoms with E-state index in [4.69, 9.17) is 11.6 Å². The number of benzene rings is 1. The lowest BCUT2D eigenvalue weighted by atomic mass is 10.2.